The molecule has 0 unspecified atom stereocenters. The van der Waals surface area contributed by atoms with Gasteiger partial charge < -0.3 is 4.29 Å². The van der Waals surface area contributed by atoms with Crippen LogP contribution in [0.1, 0.15) is 71.1 Å². The van der Waals surface area contributed by atoms with E-state index in [2.05, 4.69) is 17.3 Å². The standard InChI is InChI=1S/C18H29ClO2/c1-2-3-4-5-6-7-8-9-10-11-12-13-14-15-16-17-18(20)21-19/h12-17H,2-11H2,1H3/b13-12+,15-14+,17-16+. The number of carbonyl (C=O) groups excluding carboxylic acids is 1. The monoisotopic (exact) mass is 312 g/mol. The molecule has 0 rings (SSSR count). The van der Waals surface area contributed by atoms with Crippen LogP contribution in [-0.4, -0.2) is 5.97 Å². The topological polar surface area (TPSA) is 26.3 Å². The molecule has 0 saturated carbocycles. The number of hydrogen-bond acceptors (Lipinski definition) is 2. The summed E-state index contributed by atoms with van der Waals surface area (Å²) < 4.78 is 3.96. The summed E-state index contributed by atoms with van der Waals surface area (Å²) >= 11 is 4.88. The van der Waals surface area contributed by atoms with E-state index in [0.717, 1.165) is 6.42 Å². The van der Waals surface area contributed by atoms with E-state index in [-0.39, 0.29) is 0 Å². The minimum atomic E-state index is -0.556. The highest BCUT2D eigenvalue weighted by molar-refractivity contribution is 6.14. The van der Waals surface area contributed by atoms with Gasteiger partial charge in [0.15, 0.2) is 0 Å². The van der Waals surface area contributed by atoms with Crippen molar-refractivity contribution in [3.05, 3.63) is 36.5 Å². The molecular weight excluding hydrogens is 284 g/mol. The summed E-state index contributed by atoms with van der Waals surface area (Å²) in [5.74, 6) is -0.556. The van der Waals surface area contributed by atoms with Gasteiger partial charge in [-0.25, -0.2) is 4.79 Å². The number of allylic oxidation sites excluding steroid dienone is 5. The first kappa shape index (κ1) is 20.0. The molecule has 3 heteroatoms. The van der Waals surface area contributed by atoms with Crippen LogP contribution in [0.3, 0.4) is 0 Å². The van der Waals surface area contributed by atoms with Crippen molar-refractivity contribution in [1.29, 1.82) is 0 Å². The lowest BCUT2D eigenvalue weighted by atomic mass is 10.1. The normalized spacial score (nSPS) is 11.9. The van der Waals surface area contributed by atoms with E-state index < -0.39 is 5.97 Å². The lowest BCUT2D eigenvalue weighted by Crippen LogP contribution is -1.87. The van der Waals surface area contributed by atoms with Gasteiger partial charge in [-0.3, -0.25) is 0 Å². The second-order valence-electron chi connectivity index (χ2n) is 5.19. The molecule has 0 radical (unpaired) electrons. The zero-order valence-corrected chi connectivity index (χ0v) is 14.0. The molecule has 0 aliphatic rings. The highest BCUT2D eigenvalue weighted by atomic mass is 35.5. The Morgan fingerprint density at radius 3 is 2.05 bits per heavy atom. The summed E-state index contributed by atoms with van der Waals surface area (Å²) in [5, 5.41) is 0. The molecule has 120 valence electrons. The van der Waals surface area contributed by atoms with Crippen LogP contribution in [-0.2, 0) is 9.08 Å². The van der Waals surface area contributed by atoms with Crippen molar-refractivity contribution in [3.63, 3.8) is 0 Å². The van der Waals surface area contributed by atoms with Gasteiger partial charge in [-0.2, -0.15) is 0 Å². The summed E-state index contributed by atoms with van der Waals surface area (Å²) in [4.78, 5) is 10.7. The highest BCUT2D eigenvalue weighted by Gasteiger charge is 1.91. The number of hydrogen-bond donors (Lipinski definition) is 0. The molecule has 2 nitrogen and oxygen atoms in total. The molecule has 0 saturated heterocycles. The second-order valence-corrected chi connectivity index (χ2v) is 5.34. The summed E-state index contributed by atoms with van der Waals surface area (Å²) in [6.07, 6.45) is 24.1. The molecular formula is C18H29ClO2. The smallest absolute Gasteiger partial charge is 0.344 e. The van der Waals surface area contributed by atoms with Crippen molar-refractivity contribution in [2.75, 3.05) is 0 Å². The van der Waals surface area contributed by atoms with Gasteiger partial charge in [0.1, 0.15) is 11.9 Å². The van der Waals surface area contributed by atoms with Gasteiger partial charge in [0.25, 0.3) is 0 Å². The van der Waals surface area contributed by atoms with E-state index in [0.29, 0.717) is 0 Å². The molecule has 0 aliphatic carbocycles. The fourth-order valence-electron chi connectivity index (χ4n) is 2.04. The third-order valence-electron chi connectivity index (χ3n) is 3.25. The van der Waals surface area contributed by atoms with Crippen LogP contribution in [0.25, 0.3) is 0 Å². The van der Waals surface area contributed by atoms with E-state index in [1.165, 1.54) is 63.9 Å². The van der Waals surface area contributed by atoms with Crippen molar-refractivity contribution in [2.45, 2.75) is 71.1 Å². The van der Waals surface area contributed by atoms with Gasteiger partial charge in [-0.1, -0.05) is 88.7 Å². The average molecular weight is 313 g/mol. The van der Waals surface area contributed by atoms with Gasteiger partial charge >= 0.3 is 5.97 Å². The number of halogens is 1. The van der Waals surface area contributed by atoms with Crippen molar-refractivity contribution in [2.24, 2.45) is 0 Å². The highest BCUT2D eigenvalue weighted by Crippen LogP contribution is 2.10. The van der Waals surface area contributed by atoms with Crippen LogP contribution in [0.5, 0.6) is 0 Å². The van der Waals surface area contributed by atoms with Crippen molar-refractivity contribution < 1.29 is 9.08 Å². The predicted octanol–water partition coefficient (Wildman–Crippen LogP) is 6.27. The van der Waals surface area contributed by atoms with Gasteiger partial charge in [-0.05, 0) is 12.8 Å². The van der Waals surface area contributed by atoms with Crippen molar-refractivity contribution in [3.8, 4) is 0 Å². The predicted molar refractivity (Wildman–Crippen MR) is 91.2 cm³/mol. The number of unbranched alkanes of at least 4 members (excludes halogenated alkanes) is 9. The van der Waals surface area contributed by atoms with Gasteiger partial charge in [0.05, 0.1) is 0 Å². The van der Waals surface area contributed by atoms with Crippen LogP contribution in [0.4, 0.5) is 0 Å². The SMILES string of the molecule is CCCCCCCCCCC/C=C/C=C/C=C/C(=O)OCl. The zero-order chi connectivity index (χ0) is 15.6. The third-order valence-corrected chi connectivity index (χ3v) is 3.40. The Bertz CT molecular complexity index is 319. The maximum Gasteiger partial charge on any atom is 0.349 e. The maximum atomic E-state index is 10.7. The summed E-state index contributed by atoms with van der Waals surface area (Å²) in [7, 11) is 0. The first-order chi connectivity index (χ1) is 10.3. The van der Waals surface area contributed by atoms with Crippen molar-refractivity contribution in [1.82, 2.24) is 0 Å². The van der Waals surface area contributed by atoms with E-state index in [4.69, 9.17) is 11.9 Å². The zero-order valence-electron chi connectivity index (χ0n) is 13.2. The quantitative estimate of drug-likeness (QED) is 0.227. The lowest BCUT2D eigenvalue weighted by Gasteiger charge is -2.00. The Morgan fingerprint density at radius 2 is 1.43 bits per heavy atom. The molecule has 0 aliphatic heterocycles. The van der Waals surface area contributed by atoms with Gasteiger partial charge in [0.2, 0.25) is 0 Å². The molecule has 0 aromatic rings. The van der Waals surface area contributed by atoms with Gasteiger partial charge in [-0.15, -0.1) is 0 Å². The maximum absolute atomic E-state index is 10.7. The molecule has 0 spiro atoms. The van der Waals surface area contributed by atoms with Crippen LogP contribution in [0.15, 0.2) is 36.5 Å². The Hall–Kier alpha value is -1.02. The Morgan fingerprint density at radius 1 is 0.857 bits per heavy atom. The number of carbonyl (C=O) groups is 1. The molecule has 21 heavy (non-hydrogen) atoms. The van der Waals surface area contributed by atoms with Crippen LogP contribution < -0.4 is 0 Å². The Kier molecular flexibility index (Phi) is 16.2. The summed E-state index contributed by atoms with van der Waals surface area (Å²) in [6.45, 7) is 2.26. The molecule has 0 N–H and O–H groups in total. The van der Waals surface area contributed by atoms with E-state index in [1.54, 1.807) is 12.2 Å². The van der Waals surface area contributed by atoms with Crippen LogP contribution in [0, 0.1) is 0 Å². The lowest BCUT2D eigenvalue weighted by molar-refractivity contribution is -0.128. The molecule has 0 aromatic heterocycles. The Balaban J connectivity index is 3.31. The molecule has 0 amide bonds. The molecule has 0 bridgehead atoms. The largest absolute Gasteiger partial charge is 0.349 e. The summed E-state index contributed by atoms with van der Waals surface area (Å²) in [5.41, 5.74) is 0. The molecule has 0 fully saturated rings. The molecule has 0 atom stereocenters. The van der Waals surface area contributed by atoms with E-state index in [9.17, 15) is 4.79 Å². The van der Waals surface area contributed by atoms with Crippen molar-refractivity contribution >= 4 is 17.8 Å². The van der Waals surface area contributed by atoms with E-state index >= 15 is 0 Å². The van der Waals surface area contributed by atoms with Crippen LogP contribution >= 0.6 is 11.9 Å². The average Bonchev–Trinajstić information content (AvgIpc) is 2.50. The number of rotatable bonds is 13. The fraction of sp³-hybridized carbons (Fsp3) is 0.611. The first-order valence-electron chi connectivity index (χ1n) is 8.13. The first-order valence-corrected chi connectivity index (χ1v) is 8.44. The van der Waals surface area contributed by atoms with E-state index in [1.807, 2.05) is 12.2 Å². The molecule has 0 heterocycles. The Labute approximate surface area is 135 Å². The van der Waals surface area contributed by atoms with Crippen LogP contribution in [0.2, 0.25) is 0 Å². The third kappa shape index (κ3) is 16.9. The van der Waals surface area contributed by atoms with Gasteiger partial charge in [0, 0.05) is 6.08 Å². The minimum Gasteiger partial charge on any atom is -0.344 e. The minimum absolute atomic E-state index is 0.556. The fourth-order valence-corrected chi connectivity index (χ4v) is 2.09. The second kappa shape index (κ2) is 17.0. The molecule has 0 aromatic carbocycles. The summed E-state index contributed by atoms with van der Waals surface area (Å²) in [6, 6.07) is 0.